The Kier molecular flexibility index (Phi) is 3.22. The molecule has 1 aromatic rings. The van der Waals surface area contributed by atoms with Gasteiger partial charge in [-0.3, -0.25) is 0 Å². The molecule has 0 fully saturated rings. The summed E-state index contributed by atoms with van der Waals surface area (Å²) in [7, 11) is 0. The second-order valence-corrected chi connectivity index (χ2v) is 5.12. The van der Waals surface area contributed by atoms with Gasteiger partial charge < -0.3 is 14.6 Å². The largest absolute Gasteiger partial charge is 0.507 e. The van der Waals surface area contributed by atoms with Gasteiger partial charge in [-0.15, -0.1) is 0 Å². The highest BCUT2D eigenvalue weighted by Crippen LogP contribution is 2.29. The van der Waals surface area contributed by atoms with Crippen LogP contribution in [0.5, 0.6) is 11.5 Å². The molecule has 0 saturated heterocycles. The minimum Gasteiger partial charge on any atom is -0.507 e. The van der Waals surface area contributed by atoms with Gasteiger partial charge in [-0.25, -0.2) is 4.99 Å². The van der Waals surface area contributed by atoms with Crippen LogP contribution in [-0.2, 0) is 4.74 Å². The number of hydrogen-bond donors (Lipinski definition) is 1. The van der Waals surface area contributed by atoms with E-state index >= 15 is 0 Å². The number of rotatable bonds is 3. The molecule has 0 aromatic heterocycles. The molecular formula is C16H17NO3. The molecule has 0 amide bonds. The van der Waals surface area contributed by atoms with E-state index in [-0.39, 0.29) is 24.0 Å². The topological polar surface area (TPSA) is 51.0 Å². The van der Waals surface area contributed by atoms with Crippen molar-refractivity contribution in [1.29, 1.82) is 0 Å². The number of hydrogen-bond acceptors (Lipinski definition) is 4. The summed E-state index contributed by atoms with van der Waals surface area (Å²) in [5, 5.41) is 10.1. The molecule has 2 atom stereocenters. The lowest BCUT2D eigenvalue weighted by Crippen LogP contribution is -2.19. The van der Waals surface area contributed by atoms with Gasteiger partial charge in [0.05, 0.1) is 11.7 Å². The summed E-state index contributed by atoms with van der Waals surface area (Å²) in [6.45, 7) is 3.89. The van der Waals surface area contributed by atoms with E-state index in [4.69, 9.17) is 9.47 Å². The lowest BCUT2D eigenvalue weighted by molar-refractivity contribution is 0.241. The van der Waals surface area contributed by atoms with Crippen LogP contribution in [-0.4, -0.2) is 29.3 Å². The van der Waals surface area contributed by atoms with Gasteiger partial charge in [0.15, 0.2) is 0 Å². The Hall–Kier alpha value is -2.23. The summed E-state index contributed by atoms with van der Waals surface area (Å²) in [5.41, 5.74) is 0.595. The Morgan fingerprint density at radius 2 is 2.05 bits per heavy atom. The van der Waals surface area contributed by atoms with Crippen LogP contribution in [0.3, 0.4) is 0 Å². The zero-order valence-corrected chi connectivity index (χ0v) is 11.5. The van der Waals surface area contributed by atoms with E-state index in [1.54, 1.807) is 12.1 Å². The van der Waals surface area contributed by atoms with Crippen LogP contribution >= 0.6 is 0 Å². The Labute approximate surface area is 118 Å². The van der Waals surface area contributed by atoms with Crippen molar-refractivity contribution in [2.24, 2.45) is 4.99 Å². The molecule has 1 aliphatic heterocycles. The number of nitrogens with zero attached hydrogens (tertiary/aromatic N) is 1. The highest BCUT2D eigenvalue weighted by molar-refractivity contribution is 5.98. The summed E-state index contributed by atoms with van der Waals surface area (Å²) in [5.74, 6) is 1.23. The second kappa shape index (κ2) is 5.04. The van der Waals surface area contributed by atoms with Crippen LogP contribution in [0.25, 0.3) is 0 Å². The quantitative estimate of drug-likeness (QED) is 0.919. The normalized spacial score (nSPS) is 23.4. The van der Waals surface area contributed by atoms with Crippen LogP contribution in [0, 0.1) is 0 Å². The van der Waals surface area contributed by atoms with Gasteiger partial charge >= 0.3 is 0 Å². The van der Waals surface area contributed by atoms with Gasteiger partial charge in [0.25, 0.3) is 0 Å². The molecule has 0 bridgehead atoms. The summed E-state index contributed by atoms with van der Waals surface area (Å²) >= 11 is 0. The molecule has 104 valence electrons. The van der Waals surface area contributed by atoms with Gasteiger partial charge in [-0.2, -0.15) is 0 Å². The molecule has 0 spiro atoms. The maximum atomic E-state index is 10.1. The Bertz CT molecular complexity index is 602. The fourth-order valence-corrected chi connectivity index (χ4v) is 2.27. The maximum Gasteiger partial charge on any atom is 0.221 e. The zero-order valence-electron chi connectivity index (χ0n) is 11.5. The van der Waals surface area contributed by atoms with Crippen molar-refractivity contribution in [2.45, 2.75) is 32.1 Å². The predicted octanol–water partition coefficient (Wildman–Crippen LogP) is 2.82. The average Bonchev–Trinajstić information content (AvgIpc) is 2.81. The van der Waals surface area contributed by atoms with Crippen LogP contribution in [0.1, 0.15) is 19.4 Å². The lowest BCUT2D eigenvalue weighted by atomic mass is 10.1. The number of aromatic hydroxyl groups is 1. The Morgan fingerprint density at radius 3 is 2.75 bits per heavy atom. The number of ether oxygens (including phenoxy) is 2. The molecule has 0 saturated carbocycles. The Morgan fingerprint density at radius 1 is 1.25 bits per heavy atom. The second-order valence-electron chi connectivity index (χ2n) is 5.12. The first-order valence-corrected chi connectivity index (χ1v) is 6.73. The molecule has 4 heteroatoms. The lowest BCUT2D eigenvalue weighted by Gasteiger charge is -2.14. The van der Waals surface area contributed by atoms with Gasteiger partial charge in [0.2, 0.25) is 5.90 Å². The number of benzene rings is 1. The molecule has 1 heterocycles. The molecule has 3 rings (SSSR count). The average molecular weight is 271 g/mol. The fourth-order valence-electron chi connectivity index (χ4n) is 2.27. The molecular weight excluding hydrogens is 254 g/mol. The number of allylic oxidation sites excluding steroid dienone is 2. The maximum absolute atomic E-state index is 10.1. The van der Waals surface area contributed by atoms with Crippen molar-refractivity contribution < 1.29 is 14.6 Å². The van der Waals surface area contributed by atoms with Gasteiger partial charge in [-0.1, -0.05) is 18.2 Å². The van der Waals surface area contributed by atoms with Crippen LogP contribution in [0.4, 0.5) is 0 Å². The van der Waals surface area contributed by atoms with Gasteiger partial charge in [0, 0.05) is 6.07 Å². The van der Waals surface area contributed by atoms with Crippen LogP contribution in [0.2, 0.25) is 0 Å². The van der Waals surface area contributed by atoms with Crippen molar-refractivity contribution in [2.75, 3.05) is 0 Å². The predicted molar refractivity (Wildman–Crippen MR) is 77.3 cm³/mol. The van der Waals surface area contributed by atoms with Crippen LogP contribution in [0.15, 0.2) is 47.5 Å². The molecule has 20 heavy (non-hydrogen) atoms. The van der Waals surface area contributed by atoms with Crippen LogP contribution < -0.4 is 4.74 Å². The highest BCUT2D eigenvalue weighted by Gasteiger charge is 2.30. The first kappa shape index (κ1) is 12.8. The van der Waals surface area contributed by atoms with Crippen molar-refractivity contribution in [1.82, 2.24) is 0 Å². The van der Waals surface area contributed by atoms with Crippen molar-refractivity contribution in [3.63, 3.8) is 0 Å². The molecule has 4 nitrogen and oxygen atoms in total. The standard InChI is InChI=1S/C16H17NO3/c1-10(2)19-11-7-8-12(14(18)9-11)16-17-13-5-3-4-6-15(13)20-16/h3-10,13,15,18H,1-2H3. The highest BCUT2D eigenvalue weighted by atomic mass is 16.5. The van der Waals surface area contributed by atoms with E-state index in [2.05, 4.69) is 4.99 Å². The van der Waals surface area contributed by atoms with Gasteiger partial charge in [0.1, 0.15) is 23.6 Å². The van der Waals surface area contributed by atoms with Gasteiger partial charge in [-0.05, 0) is 32.1 Å². The van der Waals surface area contributed by atoms with Crippen molar-refractivity contribution >= 4 is 5.90 Å². The van der Waals surface area contributed by atoms with E-state index in [1.807, 2.05) is 44.2 Å². The zero-order chi connectivity index (χ0) is 14.1. The molecule has 1 N–H and O–H groups in total. The summed E-state index contributed by atoms with van der Waals surface area (Å²) in [6, 6.07) is 5.18. The number of aliphatic imine (C=N–C) groups is 1. The molecule has 1 aliphatic carbocycles. The molecule has 0 radical (unpaired) electrons. The third-order valence-electron chi connectivity index (χ3n) is 3.14. The SMILES string of the molecule is CC(C)Oc1ccc(C2=NC3C=CC=CC3O2)c(O)c1. The summed E-state index contributed by atoms with van der Waals surface area (Å²) in [6.07, 6.45) is 7.86. The summed E-state index contributed by atoms with van der Waals surface area (Å²) < 4.78 is 11.3. The molecule has 2 unspecified atom stereocenters. The minimum atomic E-state index is -0.0685. The number of fused-ring (bicyclic) bond motifs is 1. The number of phenolic OH excluding ortho intramolecular Hbond substituents is 1. The van der Waals surface area contributed by atoms with E-state index in [9.17, 15) is 5.11 Å². The molecule has 2 aliphatic rings. The van der Waals surface area contributed by atoms with Crippen molar-refractivity contribution in [3.05, 3.63) is 48.1 Å². The molecule has 1 aromatic carbocycles. The van der Waals surface area contributed by atoms with E-state index in [0.717, 1.165) is 0 Å². The Balaban J connectivity index is 1.85. The monoisotopic (exact) mass is 271 g/mol. The smallest absolute Gasteiger partial charge is 0.221 e. The first-order chi connectivity index (χ1) is 9.63. The fraction of sp³-hybridized carbons (Fsp3) is 0.312. The van der Waals surface area contributed by atoms with E-state index in [1.165, 1.54) is 0 Å². The van der Waals surface area contributed by atoms with E-state index in [0.29, 0.717) is 17.2 Å². The first-order valence-electron chi connectivity index (χ1n) is 6.73. The minimum absolute atomic E-state index is 0.000917. The van der Waals surface area contributed by atoms with Crippen molar-refractivity contribution in [3.8, 4) is 11.5 Å². The third-order valence-corrected chi connectivity index (χ3v) is 3.14. The summed E-state index contributed by atoms with van der Waals surface area (Å²) in [4.78, 5) is 4.49. The van der Waals surface area contributed by atoms with E-state index < -0.39 is 0 Å². The number of phenols is 1. The third kappa shape index (κ3) is 2.41.